The molecule has 206 valence electrons. The standard InChI is InChI=1S/C31H44N4O3/c1-34(2)27-15-9-14-25(16-27)19-32-21-29(36)28(17-23-10-5-3-6-11-23)35(22-24-12-7-4-8-13-24)31(38)26-18-30(37)33-20-26/h3,5-6,9-11,14-16,24,26,28-29,32,36H,4,7-8,12-13,17-22H2,1-2H3,(H,33,37)/t26-,28-,29?/m1/s1. The van der Waals surface area contributed by atoms with Gasteiger partial charge in [-0.05, 0) is 48.4 Å². The van der Waals surface area contributed by atoms with Crippen molar-refractivity contribution in [3.8, 4) is 0 Å². The summed E-state index contributed by atoms with van der Waals surface area (Å²) in [5.74, 6) is -0.00130. The number of rotatable bonds is 12. The van der Waals surface area contributed by atoms with E-state index in [0.717, 1.165) is 29.7 Å². The second kappa shape index (κ2) is 13.8. The minimum absolute atomic E-state index is 0.00686. The molecule has 0 radical (unpaired) electrons. The molecule has 1 unspecified atom stereocenters. The number of carbonyl (C=O) groups is 2. The highest BCUT2D eigenvalue weighted by atomic mass is 16.3. The van der Waals surface area contributed by atoms with Crippen LogP contribution in [-0.2, 0) is 22.6 Å². The van der Waals surface area contributed by atoms with Crippen LogP contribution in [0.25, 0.3) is 0 Å². The molecule has 2 fully saturated rings. The Morgan fingerprint density at radius 1 is 1.05 bits per heavy atom. The first-order valence-corrected chi connectivity index (χ1v) is 14.2. The molecule has 2 aromatic rings. The Balaban J connectivity index is 1.52. The average Bonchev–Trinajstić information content (AvgIpc) is 3.37. The Labute approximate surface area is 227 Å². The molecule has 1 aliphatic heterocycles. The molecule has 0 bridgehead atoms. The van der Waals surface area contributed by atoms with Crippen LogP contribution in [0.5, 0.6) is 0 Å². The number of nitrogens with one attached hydrogen (secondary N) is 2. The largest absolute Gasteiger partial charge is 0.390 e. The normalized spacial score (nSPS) is 19.6. The lowest BCUT2D eigenvalue weighted by Gasteiger charge is -2.39. The van der Waals surface area contributed by atoms with E-state index in [9.17, 15) is 14.7 Å². The quantitative estimate of drug-likeness (QED) is 0.400. The number of hydrogen-bond acceptors (Lipinski definition) is 5. The third-order valence-corrected chi connectivity index (χ3v) is 8.03. The summed E-state index contributed by atoms with van der Waals surface area (Å²) in [7, 11) is 4.05. The number of benzene rings is 2. The van der Waals surface area contributed by atoms with Crippen LogP contribution in [0, 0.1) is 11.8 Å². The average molecular weight is 521 g/mol. The zero-order chi connectivity index (χ0) is 26.9. The van der Waals surface area contributed by atoms with Crippen LogP contribution in [0.2, 0.25) is 0 Å². The van der Waals surface area contributed by atoms with E-state index in [1.165, 1.54) is 19.3 Å². The van der Waals surface area contributed by atoms with E-state index < -0.39 is 6.10 Å². The molecule has 1 saturated heterocycles. The maximum absolute atomic E-state index is 13.9. The van der Waals surface area contributed by atoms with Gasteiger partial charge in [0.05, 0.1) is 18.1 Å². The highest BCUT2D eigenvalue weighted by Crippen LogP contribution is 2.28. The fourth-order valence-electron chi connectivity index (χ4n) is 5.81. The van der Waals surface area contributed by atoms with Crippen LogP contribution < -0.4 is 15.5 Å². The molecule has 2 aromatic carbocycles. The third-order valence-electron chi connectivity index (χ3n) is 8.03. The maximum Gasteiger partial charge on any atom is 0.228 e. The molecule has 2 amide bonds. The van der Waals surface area contributed by atoms with Crippen LogP contribution in [0.1, 0.15) is 49.7 Å². The van der Waals surface area contributed by atoms with Crippen molar-refractivity contribution >= 4 is 17.5 Å². The molecule has 1 saturated carbocycles. The van der Waals surface area contributed by atoms with Crippen LogP contribution in [0.4, 0.5) is 5.69 Å². The van der Waals surface area contributed by atoms with Crippen molar-refractivity contribution in [2.45, 2.75) is 63.6 Å². The van der Waals surface area contributed by atoms with Gasteiger partial charge in [0.2, 0.25) is 11.8 Å². The summed E-state index contributed by atoms with van der Waals surface area (Å²) < 4.78 is 0. The van der Waals surface area contributed by atoms with Gasteiger partial charge in [-0.25, -0.2) is 0 Å². The Kier molecular flexibility index (Phi) is 10.2. The molecule has 1 heterocycles. The topological polar surface area (TPSA) is 84.9 Å². The Morgan fingerprint density at radius 3 is 2.47 bits per heavy atom. The summed E-state index contributed by atoms with van der Waals surface area (Å²) >= 11 is 0. The van der Waals surface area contributed by atoms with Gasteiger partial charge in [0.15, 0.2) is 0 Å². The molecular weight excluding hydrogens is 476 g/mol. The van der Waals surface area contributed by atoms with Crippen molar-refractivity contribution in [1.29, 1.82) is 0 Å². The van der Waals surface area contributed by atoms with E-state index in [2.05, 4.69) is 45.9 Å². The fraction of sp³-hybridized carbons (Fsp3) is 0.548. The summed E-state index contributed by atoms with van der Waals surface area (Å²) in [6, 6.07) is 18.1. The summed E-state index contributed by atoms with van der Waals surface area (Å²) in [6.07, 6.45) is 5.91. The highest BCUT2D eigenvalue weighted by molar-refractivity contribution is 5.89. The van der Waals surface area contributed by atoms with E-state index in [1.54, 1.807) is 0 Å². The van der Waals surface area contributed by atoms with Gasteiger partial charge in [0.1, 0.15) is 0 Å². The minimum Gasteiger partial charge on any atom is -0.390 e. The van der Waals surface area contributed by atoms with E-state index in [-0.39, 0.29) is 30.2 Å². The molecule has 7 heteroatoms. The van der Waals surface area contributed by atoms with Crippen molar-refractivity contribution in [3.63, 3.8) is 0 Å². The van der Waals surface area contributed by atoms with Crippen molar-refractivity contribution in [1.82, 2.24) is 15.5 Å². The second-order valence-corrected chi connectivity index (χ2v) is 11.2. The number of nitrogens with zero attached hydrogens (tertiary/aromatic N) is 2. The molecule has 38 heavy (non-hydrogen) atoms. The molecule has 0 spiro atoms. The van der Waals surface area contributed by atoms with E-state index in [4.69, 9.17) is 0 Å². The first kappa shape index (κ1) is 28.1. The van der Waals surface area contributed by atoms with Crippen molar-refractivity contribution in [2.75, 3.05) is 38.6 Å². The lowest BCUT2D eigenvalue weighted by molar-refractivity contribution is -0.141. The minimum atomic E-state index is -0.746. The number of hydrogen-bond donors (Lipinski definition) is 3. The van der Waals surface area contributed by atoms with Gasteiger partial charge < -0.3 is 25.5 Å². The monoisotopic (exact) mass is 520 g/mol. The van der Waals surface area contributed by atoms with Gasteiger partial charge in [-0.15, -0.1) is 0 Å². The number of amides is 2. The van der Waals surface area contributed by atoms with Crippen LogP contribution >= 0.6 is 0 Å². The van der Waals surface area contributed by atoms with Gasteiger partial charge >= 0.3 is 0 Å². The summed E-state index contributed by atoms with van der Waals surface area (Å²) in [6.45, 7) is 2.03. The van der Waals surface area contributed by atoms with E-state index in [0.29, 0.717) is 38.5 Å². The lowest BCUT2D eigenvalue weighted by Crippen LogP contribution is -2.54. The molecule has 4 rings (SSSR count). The van der Waals surface area contributed by atoms with Crippen molar-refractivity contribution in [3.05, 3.63) is 65.7 Å². The number of aliphatic hydroxyl groups excluding tert-OH is 1. The van der Waals surface area contributed by atoms with Crippen LogP contribution in [-0.4, -0.2) is 67.7 Å². The number of anilines is 1. The Morgan fingerprint density at radius 2 is 1.79 bits per heavy atom. The molecule has 7 nitrogen and oxygen atoms in total. The van der Waals surface area contributed by atoms with Gasteiger partial charge in [0.25, 0.3) is 0 Å². The predicted octanol–water partition coefficient (Wildman–Crippen LogP) is 3.36. The summed E-state index contributed by atoms with van der Waals surface area (Å²) in [5.41, 5.74) is 3.38. The maximum atomic E-state index is 13.9. The molecular formula is C31H44N4O3. The third kappa shape index (κ3) is 7.81. The van der Waals surface area contributed by atoms with Crippen LogP contribution in [0.3, 0.4) is 0 Å². The predicted molar refractivity (Wildman–Crippen MR) is 152 cm³/mol. The first-order chi connectivity index (χ1) is 18.4. The van der Waals surface area contributed by atoms with E-state index in [1.807, 2.05) is 43.3 Å². The summed E-state index contributed by atoms with van der Waals surface area (Å²) in [5, 5.41) is 17.8. The van der Waals surface area contributed by atoms with Gasteiger partial charge in [0, 0.05) is 52.4 Å². The zero-order valence-corrected chi connectivity index (χ0v) is 22.9. The van der Waals surface area contributed by atoms with E-state index >= 15 is 0 Å². The Hall–Kier alpha value is -2.90. The van der Waals surface area contributed by atoms with Gasteiger partial charge in [-0.3, -0.25) is 9.59 Å². The fourth-order valence-corrected chi connectivity index (χ4v) is 5.81. The van der Waals surface area contributed by atoms with Crippen molar-refractivity contribution in [2.24, 2.45) is 11.8 Å². The molecule has 2 aliphatic rings. The molecule has 0 aromatic heterocycles. The highest BCUT2D eigenvalue weighted by Gasteiger charge is 2.38. The summed E-state index contributed by atoms with van der Waals surface area (Å²) in [4.78, 5) is 29.9. The lowest BCUT2D eigenvalue weighted by atomic mass is 9.87. The van der Waals surface area contributed by atoms with Crippen molar-refractivity contribution < 1.29 is 14.7 Å². The van der Waals surface area contributed by atoms with Crippen LogP contribution in [0.15, 0.2) is 54.6 Å². The Bertz CT molecular complexity index is 1040. The second-order valence-electron chi connectivity index (χ2n) is 11.2. The van der Waals surface area contributed by atoms with Gasteiger partial charge in [-0.1, -0.05) is 61.7 Å². The number of aliphatic hydroxyl groups is 1. The molecule has 3 N–H and O–H groups in total. The van der Waals surface area contributed by atoms with Gasteiger partial charge in [-0.2, -0.15) is 0 Å². The zero-order valence-electron chi connectivity index (χ0n) is 22.9. The smallest absolute Gasteiger partial charge is 0.228 e. The molecule has 1 aliphatic carbocycles. The number of carbonyl (C=O) groups excluding carboxylic acids is 2. The SMILES string of the molecule is CN(C)c1cccc(CNCC(O)[C@@H](Cc2ccccc2)N(CC2CCCCC2)C(=O)[C@H]2CNC(=O)C2)c1. The molecule has 3 atom stereocenters. The first-order valence-electron chi connectivity index (χ1n) is 14.2.